The lowest BCUT2D eigenvalue weighted by Crippen LogP contribution is -2.38. The van der Waals surface area contributed by atoms with Crippen molar-refractivity contribution in [3.63, 3.8) is 0 Å². The van der Waals surface area contributed by atoms with Gasteiger partial charge in [0.25, 0.3) is 15.9 Å². The molecule has 2 aromatic rings. The Morgan fingerprint density at radius 1 is 1.14 bits per heavy atom. The molecule has 1 heterocycles. The number of benzene rings is 2. The second-order valence-corrected chi connectivity index (χ2v) is 8.40. The highest BCUT2D eigenvalue weighted by Crippen LogP contribution is 2.31. The van der Waals surface area contributed by atoms with Crippen molar-refractivity contribution in [2.75, 3.05) is 11.9 Å². The molecule has 9 heteroatoms. The minimum Gasteiger partial charge on any atom is -0.350 e. The van der Waals surface area contributed by atoms with Crippen LogP contribution in [0.2, 0.25) is 0 Å². The molecular formula is C19H21ClN4O3S. The number of nitrogens with two attached hydrogens (primary N) is 1. The van der Waals surface area contributed by atoms with Gasteiger partial charge in [0.15, 0.2) is 5.84 Å². The molecule has 0 aromatic heterocycles. The molecule has 0 saturated heterocycles. The Labute approximate surface area is 169 Å². The van der Waals surface area contributed by atoms with Crippen LogP contribution in [-0.4, -0.2) is 32.7 Å². The zero-order valence-electron chi connectivity index (χ0n) is 15.0. The van der Waals surface area contributed by atoms with Crippen LogP contribution in [0.5, 0.6) is 0 Å². The molecule has 1 saturated carbocycles. The molecule has 1 unspecified atom stereocenters. The molecule has 1 aliphatic carbocycles. The first kappa shape index (κ1) is 20.3. The number of carbonyl (C=O) groups is 1. The van der Waals surface area contributed by atoms with Crippen LogP contribution < -0.4 is 16.4 Å². The van der Waals surface area contributed by atoms with Crippen LogP contribution in [0.1, 0.15) is 28.8 Å². The van der Waals surface area contributed by atoms with Gasteiger partial charge in [-0.05, 0) is 55.2 Å². The topological polar surface area (TPSA) is 114 Å². The summed E-state index contributed by atoms with van der Waals surface area (Å²) in [5.74, 6) is 0.630. The first-order chi connectivity index (χ1) is 12.9. The van der Waals surface area contributed by atoms with Crippen molar-refractivity contribution in [1.82, 2.24) is 5.32 Å². The maximum absolute atomic E-state index is 12.2. The summed E-state index contributed by atoms with van der Waals surface area (Å²) in [5, 5.41) is 5.86. The number of rotatable bonds is 5. The van der Waals surface area contributed by atoms with Crippen molar-refractivity contribution >= 4 is 39.9 Å². The molecule has 4 N–H and O–H groups in total. The largest absolute Gasteiger partial charge is 0.350 e. The number of fused-ring (bicyclic) bond motifs is 1. The summed E-state index contributed by atoms with van der Waals surface area (Å²) in [5.41, 5.74) is 7.69. The van der Waals surface area contributed by atoms with Crippen LogP contribution in [0.15, 0.2) is 57.8 Å². The fourth-order valence-corrected chi connectivity index (χ4v) is 4.22. The van der Waals surface area contributed by atoms with Gasteiger partial charge < -0.3 is 16.4 Å². The van der Waals surface area contributed by atoms with Gasteiger partial charge in [0.2, 0.25) is 0 Å². The number of nitrogens with one attached hydrogen (secondary N) is 2. The molecule has 1 aliphatic heterocycles. The Morgan fingerprint density at radius 2 is 1.82 bits per heavy atom. The average molecular weight is 421 g/mol. The second kappa shape index (κ2) is 7.90. The van der Waals surface area contributed by atoms with E-state index in [1.165, 1.54) is 6.07 Å². The van der Waals surface area contributed by atoms with Crippen molar-refractivity contribution < 1.29 is 13.2 Å². The Morgan fingerprint density at radius 3 is 2.50 bits per heavy atom. The SMILES string of the molecule is Cl.NC(CNC(=O)c1ccc(NC2=NS(=O)(=O)c3ccccc32)cc1)C1CC1. The third-order valence-corrected chi connectivity index (χ3v) is 6.10. The lowest BCUT2D eigenvalue weighted by Gasteiger charge is -2.12. The van der Waals surface area contributed by atoms with Gasteiger partial charge in [0, 0.05) is 29.4 Å². The zero-order valence-corrected chi connectivity index (χ0v) is 16.6. The number of nitrogens with zero attached hydrogens (tertiary/aromatic N) is 1. The highest BCUT2D eigenvalue weighted by molar-refractivity contribution is 7.90. The van der Waals surface area contributed by atoms with Crippen LogP contribution in [0, 0.1) is 5.92 Å². The average Bonchev–Trinajstić information content (AvgIpc) is 3.47. The van der Waals surface area contributed by atoms with Gasteiger partial charge in [-0.25, -0.2) is 0 Å². The summed E-state index contributed by atoms with van der Waals surface area (Å²) >= 11 is 0. The van der Waals surface area contributed by atoms with Gasteiger partial charge in [0.1, 0.15) is 4.90 Å². The third kappa shape index (κ3) is 4.19. The molecule has 1 fully saturated rings. The van der Waals surface area contributed by atoms with Crippen molar-refractivity contribution in [1.29, 1.82) is 0 Å². The van der Waals surface area contributed by atoms with Gasteiger partial charge in [-0.15, -0.1) is 16.8 Å². The van der Waals surface area contributed by atoms with Crippen LogP contribution in [0.4, 0.5) is 5.69 Å². The number of carbonyl (C=O) groups excluding carboxylic acids is 1. The standard InChI is InChI=1S/C19H20N4O3S.ClH/c20-16(12-5-6-12)11-21-19(24)13-7-9-14(10-8-13)22-18-15-3-1-2-4-17(15)27(25,26)23-18;/h1-4,7-10,12,16H,5-6,11,20H2,(H,21,24)(H,22,23);1H. The molecule has 0 spiro atoms. The molecular weight excluding hydrogens is 400 g/mol. The van der Waals surface area contributed by atoms with Crippen LogP contribution >= 0.6 is 12.4 Å². The monoisotopic (exact) mass is 420 g/mol. The van der Waals surface area contributed by atoms with E-state index in [0.717, 1.165) is 12.8 Å². The molecule has 2 aromatic carbocycles. The van der Waals surface area contributed by atoms with Crippen molar-refractivity contribution in [2.24, 2.45) is 16.0 Å². The molecule has 0 bridgehead atoms. The maximum atomic E-state index is 12.2. The highest BCUT2D eigenvalue weighted by atomic mass is 35.5. The number of hydrogen-bond acceptors (Lipinski definition) is 5. The summed E-state index contributed by atoms with van der Waals surface area (Å²) < 4.78 is 28.0. The Bertz CT molecular complexity index is 1020. The van der Waals surface area contributed by atoms with Crippen LogP contribution in [-0.2, 0) is 10.0 Å². The van der Waals surface area contributed by atoms with E-state index < -0.39 is 10.0 Å². The Balaban J connectivity index is 0.00000225. The smallest absolute Gasteiger partial charge is 0.285 e. The summed E-state index contributed by atoms with van der Waals surface area (Å²) in [6.07, 6.45) is 2.28. The van der Waals surface area contributed by atoms with Gasteiger partial charge in [-0.1, -0.05) is 12.1 Å². The van der Waals surface area contributed by atoms with Crippen molar-refractivity contribution in [3.8, 4) is 0 Å². The molecule has 4 rings (SSSR count). The predicted molar refractivity (Wildman–Crippen MR) is 111 cm³/mol. The number of anilines is 1. The second-order valence-electron chi connectivity index (χ2n) is 6.82. The summed E-state index contributed by atoms with van der Waals surface area (Å²) in [6.45, 7) is 0.467. The number of sulfonamides is 1. The third-order valence-electron chi connectivity index (χ3n) is 4.77. The summed E-state index contributed by atoms with van der Waals surface area (Å²) in [6, 6.07) is 13.5. The quantitative estimate of drug-likeness (QED) is 0.685. The molecule has 0 radical (unpaired) electrons. The van der Waals surface area contributed by atoms with Crippen LogP contribution in [0.3, 0.4) is 0 Å². The Kier molecular flexibility index (Phi) is 5.74. The normalized spacial score (nSPS) is 17.7. The predicted octanol–water partition coefficient (Wildman–Crippen LogP) is 2.14. The molecule has 1 amide bonds. The molecule has 28 heavy (non-hydrogen) atoms. The fraction of sp³-hybridized carbons (Fsp3) is 0.263. The minimum absolute atomic E-state index is 0. The number of halogens is 1. The van der Waals surface area contributed by atoms with Gasteiger partial charge in [0.05, 0.1) is 0 Å². The number of amides is 1. The van der Waals surface area contributed by atoms with E-state index in [-0.39, 0.29) is 35.1 Å². The van der Waals surface area contributed by atoms with Gasteiger partial charge in [-0.3, -0.25) is 4.79 Å². The molecule has 7 nitrogen and oxygen atoms in total. The van der Waals surface area contributed by atoms with E-state index in [1.54, 1.807) is 42.5 Å². The summed E-state index contributed by atoms with van der Waals surface area (Å²) in [4.78, 5) is 12.4. The zero-order chi connectivity index (χ0) is 19.0. The van der Waals surface area contributed by atoms with E-state index in [0.29, 0.717) is 29.3 Å². The van der Waals surface area contributed by atoms with Crippen molar-refractivity contribution in [2.45, 2.75) is 23.8 Å². The molecule has 2 aliphatic rings. The first-order valence-electron chi connectivity index (χ1n) is 8.79. The van der Waals surface area contributed by atoms with E-state index in [1.807, 2.05) is 0 Å². The molecule has 1 atom stereocenters. The molecule has 148 valence electrons. The lowest BCUT2D eigenvalue weighted by atomic mass is 10.1. The Hall–Kier alpha value is -2.42. The van der Waals surface area contributed by atoms with Crippen LogP contribution in [0.25, 0.3) is 0 Å². The minimum atomic E-state index is -3.66. The maximum Gasteiger partial charge on any atom is 0.285 e. The van der Waals surface area contributed by atoms with E-state index >= 15 is 0 Å². The fourth-order valence-electron chi connectivity index (χ4n) is 3.04. The van der Waals surface area contributed by atoms with Gasteiger partial charge in [-0.2, -0.15) is 8.42 Å². The van der Waals surface area contributed by atoms with Crippen molar-refractivity contribution in [3.05, 3.63) is 59.7 Å². The first-order valence-corrected chi connectivity index (χ1v) is 10.2. The van der Waals surface area contributed by atoms with E-state index in [2.05, 4.69) is 15.0 Å². The lowest BCUT2D eigenvalue weighted by molar-refractivity contribution is 0.0950. The van der Waals surface area contributed by atoms with E-state index in [9.17, 15) is 13.2 Å². The summed E-state index contributed by atoms with van der Waals surface area (Å²) in [7, 11) is -3.66. The van der Waals surface area contributed by atoms with Gasteiger partial charge >= 0.3 is 0 Å². The van der Waals surface area contributed by atoms with E-state index in [4.69, 9.17) is 5.73 Å². The number of hydrogen-bond donors (Lipinski definition) is 3. The number of amidine groups is 1. The highest BCUT2D eigenvalue weighted by Gasteiger charge is 2.29.